The molecule has 0 saturated carbocycles. The van der Waals surface area contributed by atoms with Crippen LogP contribution in [0, 0.1) is 0 Å². The number of ether oxygens (including phenoxy) is 2. The molecule has 0 aliphatic heterocycles. The summed E-state index contributed by atoms with van der Waals surface area (Å²) in [4.78, 5) is 12.2. The molecule has 4 nitrogen and oxygen atoms in total. The molecule has 1 N–H and O–H groups in total. The fraction of sp³-hybridized carbons (Fsp3) is 0.653. The summed E-state index contributed by atoms with van der Waals surface area (Å²) in [7, 11) is 0. The van der Waals surface area contributed by atoms with Gasteiger partial charge in [-0.05, 0) is 96.3 Å². The van der Waals surface area contributed by atoms with Crippen LogP contribution in [0.15, 0.2) is 97.2 Å². The van der Waals surface area contributed by atoms with Gasteiger partial charge >= 0.3 is 5.97 Å². The molecule has 4 heteroatoms. The van der Waals surface area contributed by atoms with Gasteiger partial charge in [-0.2, -0.15) is 0 Å². The van der Waals surface area contributed by atoms with E-state index in [4.69, 9.17) is 9.47 Å². The lowest BCUT2D eigenvalue weighted by molar-refractivity contribution is -0.154. The van der Waals surface area contributed by atoms with Gasteiger partial charge in [0.2, 0.25) is 0 Å². The Hall–Kier alpha value is -2.69. The van der Waals surface area contributed by atoms with Gasteiger partial charge in [-0.25, -0.2) is 0 Å². The summed E-state index contributed by atoms with van der Waals surface area (Å²) in [5.74, 6) is -0.231. The third-order valence-electron chi connectivity index (χ3n) is 8.89. The maximum absolute atomic E-state index is 12.2. The molecule has 0 aromatic heterocycles. The van der Waals surface area contributed by atoms with Gasteiger partial charge in [0, 0.05) is 13.0 Å². The molecule has 0 aliphatic rings. The smallest absolute Gasteiger partial charge is 0.306 e. The minimum Gasteiger partial charge on any atom is -0.457 e. The number of hydrogen-bond donors (Lipinski definition) is 1. The first-order valence-corrected chi connectivity index (χ1v) is 21.8. The maximum Gasteiger partial charge on any atom is 0.306 e. The van der Waals surface area contributed by atoms with E-state index in [1.165, 1.54) is 77.0 Å². The zero-order valence-corrected chi connectivity index (χ0v) is 34.5. The quantitative estimate of drug-likeness (QED) is 0.0388. The van der Waals surface area contributed by atoms with E-state index in [9.17, 15) is 9.90 Å². The highest BCUT2D eigenvalue weighted by molar-refractivity contribution is 5.69. The van der Waals surface area contributed by atoms with Crippen molar-refractivity contribution in [2.75, 3.05) is 19.8 Å². The van der Waals surface area contributed by atoms with Gasteiger partial charge in [0.05, 0.1) is 13.2 Å². The van der Waals surface area contributed by atoms with Crippen molar-refractivity contribution >= 4 is 5.97 Å². The molecular weight excluding hydrogens is 653 g/mol. The van der Waals surface area contributed by atoms with Crippen LogP contribution in [0.5, 0.6) is 0 Å². The first kappa shape index (κ1) is 50.3. The molecule has 0 spiro atoms. The number of aliphatic hydroxyl groups is 1. The maximum atomic E-state index is 12.2. The molecule has 0 amide bonds. The molecule has 302 valence electrons. The number of aliphatic hydroxyl groups excluding tert-OH is 1. The third kappa shape index (κ3) is 43.6. The van der Waals surface area contributed by atoms with E-state index in [1.807, 2.05) is 0 Å². The Bertz CT molecular complexity index is 996. The van der Waals surface area contributed by atoms with E-state index >= 15 is 0 Å². The second-order valence-electron chi connectivity index (χ2n) is 14.0. The lowest BCUT2D eigenvalue weighted by Gasteiger charge is -2.15. The van der Waals surface area contributed by atoms with Crippen molar-refractivity contribution in [3.63, 3.8) is 0 Å². The van der Waals surface area contributed by atoms with Crippen molar-refractivity contribution in [1.82, 2.24) is 0 Å². The summed E-state index contributed by atoms with van der Waals surface area (Å²) in [5.41, 5.74) is 0. The predicted octanol–water partition coefficient (Wildman–Crippen LogP) is 14.5. The van der Waals surface area contributed by atoms with E-state index in [-0.39, 0.29) is 19.2 Å². The molecule has 1 unspecified atom stereocenters. The van der Waals surface area contributed by atoms with Gasteiger partial charge in [-0.1, -0.05) is 175 Å². The van der Waals surface area contributed by atoms with Crippen molar-refractivity contribution < 1.29 is 19.4 Å². The fourth-order valence-corrected chi connectivity index (χ4v) is 5.65. The van der Waals surface area contributed by atoms with Gasteiger partial charge in [-0.15, -0.1) is 0 Å². The van der Waals surface area contributed by atoms with E-state index in [2.05, 4.69) is 111 Å². The molecule has 53 heavy (non-hydrogen) atoms. The Morgan fingerprint density at radius 3 is 1.28 bits per heavy atom. The van der Waals surface area contributed by atoms with Crippen LogP contribution < -0.4 is 0 Å². The molecule has 0 aromatic rings. The zero-order valence-electron chi connectivity index (χ0n) is 34.5. The largest absolute Gasteiger partial charge is 0.457 e. The molecule has 1 atom stereocenters. The van der Waals surface area contributed by atoms with Crippen molar-refractivity contribution in [2.45, 2.75) is 187 Å². The summed E-state index contributed by atoms with van der Waals surface area (Å²) < 4.78 is 11.1. The summed E-state index contributed by atoms with van der Waals surface area (Å²) >= 11 is 0. The van der Waals surface area contributed by atoms with Crippen LogP contribution in [0.4, 0.5) is 0 Å². The van der Waals surface area contributed by atoms with Crippen LogP contribution in [0.3, 0.4) is 0 Å². The zero-order chi connectivity index (χ0) is 38.4. The second-order valence-corrected chi connectivity index (χ2v) is 14.0. The summed E-state index contributed by atoms with van der Waals surface area (Å²) in [6.45, 7) is 5.15. The van der Waals surface area contributed by atoms with Crippen LogP contribution in [-0.4, -0.2) is 37.0 Å². The Morgan fingerprint density at radius 2 is 0.849 bits per heavy atom. The van der Waals surface area contributed by atoms with Crippen molar-refractivity contribution in [3.8, 4) is 0 Å². The minimum absolute atomic E-state index is 0.191. The first-order chi connectivity index (χ1) is 26.2. The number of carbonyl (C=O) groups excluding carboxylic acids is 1. The highest BCUT2D eigenvalue weighted by Gasteiger charge is 2.13. The molecule has 0 fully saturated rings. The molecule has 0 saturated heterocycles. The molecule has 0 bridgehead atoms. The number of rotatable bonds is 39. The molecule has 0 heterocycles. The highest BCUT2D eigenvalue weighted by atomic mass is 16.6. The van der Waals surface area contributed by atoms with Crippen molar-refractivity contribution in [3.05, 3.63) is 97.2 Å². The monoisotopic (exact) mass is 735 g/mol. The topological polar surface area (TPSA) is 55.8 Å². The summed E-state index contributed by atoms with van der Waals surface area (Å²) in [5, 5.41) is 9.61. The van der Waals surface area contributed by atoms with Crippen LogP contribution in [0.1, 0.15) is 181 Å². The molecule has 0 rings (SSSR count). The van der Waals surface area contributed by atoms with Gasteiger partial charge in [0.15, 0.2) is 0 Å². The lowest BCUT2D eigenvalue weighted by atomic mass is 10.1. The lowest BCUT2D eigenvalue weighted by Crippen LogP contribution is -2.27. The summed E-state index contributed by atoms with van der Waals surface area (Å²) in [6, 6.07) is 0. The minimum atomic E-state index is -0.558. The average Bonchev–Trinajstić information content (AvgIpc) is 3.16. The normalized spacial score (nSPS) is 13.3. The second kappa shape index (κ2) is 45.5. The van der Waals surface area contributed by atoms with Crippen molar-refractivity contribution in [2.24, 2.45) is 0 Å². The number of esters is 1. The van der Waals surface area contributed by atoms with Crippen molar-refractivity contribution in [1.29, 1.82) is 0 Å². The molecular formula is C49H82O4. The van der Waals surface area contributed by atoms with Gasteiger partial charge in [0.25, 0.3) is 0 Å². The third-order valence-corrected chi connectivity index (χ3v) is 8.89. The number of allylic oxidation sites excluding steroid dienone is 16. The standard InChI is InChI=1S/C49H82O4/c1-3-5-7-9-11-13-15-17-19-21-23-24-25-26-27-28-30-32-34-36-38-40-42-44-49(51)53-48(46-50)47-52-45-43-41-39-37-35-33-31-29-22-20-18-16-14-12-10-8-6-4-2/h5,7,11-14,17-20,23-24,26-27,30,32,48,50H,3-4,6,8-10,15-16,21-22,25,28-29,31,33-47H2,1-2H3/b7-5-,13-11-,14-12-,19-17-,20-18-,24-23-,27-26-,32-30-. The number of hydrogen-bond acceptors (Lipinski definition) is 4. The average molecular weight is 735 g/mol. The summed E-state index contributed by atoms with van der Waals surface area (Å²) in [6.07, 6.45) is 64.6. The van der Waals surface area contributed by atoms with E-state index in [0.29, 0.717) is 13.0 Å². The van der Waals surface area contributed by atoms with E-state index < -0.39 is 6.10 Å². The van der Waals surface area contributed by atoms with Gasteiger partial charge in [0.1, 0.15) is 6.10 Å². The van der Waals surface area contributed by atoms with E-state index in [0.717, 1.165) is 83.5 Å². The van der Waals surface area contributed by atoms with Crippen LogP contribution in [-0.2, 0) is 14.3 Å². The number of carbonyl (C=O) groups is 1. The SMILES string of the molecule is CC/C=C\C/C=C\C/C=C\C/C=C\C/C=C\C/C=C\CCCCCCC(=O)OC(CO)COCCCCCCCCCC/C=C\C/C=C\CCCCC. The molecule has 0 aliphatic carbocycles. The Morgan fingerprint density at radius 1 is 0.472 bits per heavy atom. The van der Waals surface area contributed by atoms with E-state index in [1.54, 1.807) is 0 Å². The van der Waals surface area contributed by atoms with Crippen LogP contribution >= 0.6 is 0 Å². The highest BCUT2D eigenvalue weighted by Crippen LogP contribution is 2.11. The van der Waals surface area contributed by atoms with Crippen LogP contribution in [0.2, 0.25) is 0 Å². The predicted molar refractivity (Wildman–Crippen MR) is 232 cm³/mol. The Balaban J connectivity index is 3.56. The number of unbranched alkanes of at least 4 members (excludes halogenated alkanes) is 15. The Labute approximate surface area is 328 Å². The Kier molecular flexibility index (Phi) is 43.2. The van der Waals surface area contributed by atoms with Gasteiger partial charge in [-0.3, -0.25) is 4.79 Å². The van der Waals surface area contributed by atoms with Gasteiger partial charge < -0.3 is 14.6 Å². The van der Waals surface area contributed by atoms with Crippen LogP contribution in [0.25, 0.3) is 0 Å². The molecule has 0 radical (unpaired) electrons. The molecule has 0 aromatic carbocycles. The first-order valence-electron chi connectivity index (χ1n) is 21.8. The fourth-order valence-electron chi connectivity index (χ4n) is 5.65.